The molecule has 1 aliphatic heterocycles. The first-order valence-electron chi connectivity index (χ1n) is 15.1. The van der Waals surface area contributed by atoms with Gasteiger partial charge in [0.2, 0.25) is 11.8 Å². The van der Waals surface area contributed by atoms with Crippen LogP contribution in [0.25, 0.3) is 0 Å². The first-order chi connectivity index (χ1) is 19.9. The Morgan fingerprint density at radius 1 is 0.902 bits per heavy atom. The number of nitrogens with zero attached hydrogens (tertiary/aromatic N) is 1. The second-order valence-electron chi connectivity index (χ2n) is 11.5. The Hall–Kier alpha value is -3.59. The number of carbonyl (C=O) groups is 2. The number of nitrogens with one attached hydrogen (secondary N) is 4. The van der Waals surface area contributed by atoms with Gasteiger partial charge in [-0.3, -0.25) is 19.9 Å². The van der Waals surface area contributed by atoms with Crippen LogP contribution in [0, 0.1) is 17.2 Å². The number of hydrogen-bond acceptors (Lipinski definition) is 5. The molecule has 2 aromatic rings. The smallest absolute Gasteiger partial charge is 0.242 e. The van der Waals surface area contributed by atoms with E-state index in [-0.39, 0.29) is 30.1 Å². The van der Waals surface area contributed by atoms with Crippen LogP contribution in [-0.2, 0) is 16.1 Å². The molecule has 4 rings (SSSR count). The Morgan fingerprint density at radius 3 is 2.22 bits per heavy atom. The average Bonchev–Trinajstić information content (AvgIpc) is 2.99. The molecule has 9 heteroatoms. The van der Waals surface area contributed by atoms with Gasteiger partial charge >= 0.3 is 0 Å². The van der Waals surface area contributed by atoms with Gasteiger partial charge in [0.1, 0.15) is 17.8 Å². The van der Waals surface area contributed by atoms with Gasteiger partial charge in [0.05, 0.1) is 0 Å². The van der Waals surface area contributed by atoms with Crippen molar-refractivity contribution in [3.63, 3.8) is 0 Å². The van der Waals surface area contributed by atoms with Gasteiger partial charge in [-0.15, -0.1) is 0 Å². The quantitative estimate of drug-likeness (QED) is 0.132. The summed E-state index contributed by atoms with van der Waals surface area (Å²) in [6.07, 6.45) is 9.90. The summed E-state index contributed by atoms with van der Waals surface area (Å²) < 4.78 is 0. The largest absolute Gasteiger partial charge is 0.508 e. The van der Waals surface area contributed by atoms with Crippen molar-refractivity contribution in [3.05, 3.63) is 65.7 Å². The van der Waals surface area contributed by atoms with Crippen molar-refractivity contribution in [3.8, 4) is 5.75 Å². The van der Waals surface area contributed by atoms with Crippen LogP contribution in [-0.4, -0.2) is 53.5 Å². The van der Waals surface area contributed by atoms with Crippen molar-refractivity contribution in [2.75, 3.05) is 19.6 Å². The fourth-order valence-corrected chi connectivity index (χ4v) is 6.39. The van der Waals surface area contributed by atoms with Crippen molar-refractivity contribution < 1.29 is 14.7 Å². The third kappa shape index (κ3) is 9.21. The van der Waals surface area contributed by atoms with Gasteiger partial charge in [-0.05, 0) is 73.9 Å². The lowest BCUT2D eigenvalue weighted by atomic mass is 9.75. The van der Waals surface area contributed by atoms with E-state index in [0.717, 1.165) is 48.9 Å². The standard InChI is InChI=1S/C32H46N6O3/c33-32(34)35-19-7-12-28(30(40)36-22-23-13-15-27(39)16-14-23)37-31(41)29(26-10-5-2-6-11-26)38-20-17-25(18-21-38)24-8-3-1-4-9-24/h2,5-6,10-11,13-16,24-25,28-29,39H,1,3-4,7-9,12,17-22H2,(H,36,40)(H,37,41)(H4,33,34,35)/t28-,29?/m1/s1. The fourth-order valence-electron chi connectivity index (χ4n) is 6.39. The molecule has 41 heavy (non-hydrogen) atoms. The summed E-state index contributed by atoms with van der Waals surface area (Å²) >= 11 is 0. The Morgan fingerprint density at radius 2 is 1.56 bits per heavy atom. The zero-order chi connectivity index (χ0) is 29.0. The molecule has 1 heterocycles. The molecule has 0 bridgehead atoms. The number of carbonyl (C=O) groups excluding carboxylic acids is 2. The Bertz CT molecular complexity index is 1110. The summed E-state index contributed by atoms with van der Waals surface area (Å²) in [7, 11) is 0. The highest BCUT2D eigenvalue weighted by atomic mass is 16.3. The third-order valence-corrected chi connectivity index (χ3v) is 8.64. The number of phenols is 1. The number of amides is 2. The van der Waals surface area contributed by atoms with E-state index < -0.39 is 12.1 Å². The highest BCUT2D eigenvalue weighted by Gasteiger charge is 2.35. The zero-order valence-corrected chi connectivity index (χ0v) is 24.0. The van der Waals surface area contributed by atoms with Crippen LogP contribution in [0.1, 0.15) is 75.0 Å². The highest BCUT2D eigenvalue weighted by molar-refractivity contribution is 5.90. The van der Waals surface area contributed by atoms with Gasteiger partial charge in [0.15, 0.2) is 5.96 Å². The van der Waals surface area contributed by atoms with Crippen molar-refractivity contribution in [2.24, 2.45) is 17.6 Å². The zero-order valence-electron chi connectivity index (χ0n) is 24.0. The molecule has 222 valence electrons. The van der Waals surface area contributed by atoms with Crippen LogP contribution in [0.4, 0.5) is 0 Å². The molecule has 1 saturated heterocycles. The number of hydrogen-bond donors (Lipinski definition) is 6. The van der Waals surface area contributed by atoms with Crippen LogP contribution >= 0.6 is 0 Å². The molecule has 0 aromatic heterocycles. The summed E-state index contributed by atoms with van der Waals surface area (Å²) in [6, 6.07) is 15.3. The molecule has 2 fully saturated rings. The number of phenolic OH excluding ortho intramolecular Hbond substituents is 1. The van der Waals surface area contributed by atoms with Crippen molar-refractivity contribution >= 4 is 17.8 Å². The molecule has 2 aliphatic rings. The number of likely N-dealkylation sites (tertiary alicyclic amines) is 1. The maximum Gasteiger partial charge on any atom is 0.242 e. The minimum absolute atomic E-state index is 0.122. The molecule has 1 unspecified atom stereocenters. The van der Waals surface area contributed by atoms with Gasteiger partial charge in [0.25, 0.3) is 0 Å². The van der Waals surface area contributed by atoms with Crippen LogP contribution in [0.2, 0.25) is 0 Å². The second kappa shape index (κ2) is 15.4. The summed E-state index contributed by atoms with van der Waals surface area (Å²) in [5, 5.41) is 25.7. The topological polar surface area (TPSA) is 144 Å². The van der Waals surface area contributed by atoms with Crippen molar-refractivity contribution in [1.29, 1.82) is 5.41 Å². The second-order valence-corrected chi connectivity index (χ2v) is 11.5. The Labute approximate surface area is 243 Å². The average molecular weight is 563 g/mol. The SMILES string of the molecule is N=C(N)NCCC[C@@H](NC(=O)C(c1ccccc1)N1CCC(C2CCCCC2)CC1)C(=O)NCc1ccc(O)cc1. The predicted molar refractivity (Wildman–Crippen MR) is 161 cm³/mol. The van der Waals surface area contributed by atoms with Crippen LogP contribution in [0.3, 0.4) is 0 Å². The molecule has 2 atom stereocenters. The molecule has 2 amide bonds. The molecule has 0 radical (unpaired) electrons. The minimum atomic E-state index is -0.737. The lowest BCUT2D eigenvalue weighted by molar-refractivity contribution is -0.133. The third-order valence-electron chi connectivity index (χ3n) is 8.64. The van der Waals surface area contributed by atoms with Crippen LogP contribution in [0.15, 0.2) is 54.6 Å². The summed E-state index contributed by atoms with van der Waals surface area (Å²) in [6.45, 7) is 2.46. The predicted octanol–water partition coefficient (Wildman–Crippen LogP) is 3.79. The monoisotopic (exact) mass is 562 g/mol. The summed E-state index contributed by atoms with van der Waals surface area (Å²) in [5.74, 6) is 1.16. The van der Waals surface area contributed by atoms with E-state index >= 15 is 0 Å². The van der Waals surface area contributed by atoms with E-state index in [2.05, 4.69) is 20.9 Å². The van der Waals surface area contributed by atoms with E-state index in [9.17, 15) is 14.7 Å². The van der Waals surface area contributed by atoms with E-state index in [0.29, 0.717) is 19.4 Å². The number of nitrogens with two attached hydrogens (primary N) is 1. The van der Waals surface area contributed by atoms with Gasteiger partial charge in [-0.25, -0.2) is 0 Å². The fraction of sp³-hybridized carbons (Fsp3) is 0.531. The van der Waals surface area contributed by atoms with Crippen LogP contribution in [0.5, 0.6) is 5.75 Å². The molecule has 2 aromatic carbocycles. The summed E-state index contributed by atoms with van der Waals surface area (Å²) in [5.41, 5.74) is 7.20. The number of guanidine groups is 1. The summed E-state index contributed by atoms with van der Waals surface area (Å²) in [4.78, 5) is 29.6. The van der Waals surface area contributed by atoms with E-state index in [1.54, 1.807) is 24.3 Å². The molecular formula is C32H46N6O3. The molecule has 7 N–H and O–H groups in total. The molecule has 1 saturated carbocycles. The first-order valence-corrected chi connectivity index (χ1v) is 15.1. The number of aromatic hydroxyl groups is 1. The van der Waals surface area contributed by atoms with Gasteiger partial charge < -0.3 is 26.8 Å². The lowest BCUT2D eigenvalue weighted by Gasteiger charge is -2.40. The van der Waals surface area contributed by atoms with Crippen LogP contribution < -0.4 is 21.7 Å². The maximum absolute atomic E-state index is 14.0. The lowest BCUT2D eigenvalue weighted by Crippen LogP contribution is -2.51. The molecular weight excluding hydrogens is 516 g/mol. The van der Waals surface area contributed by atoms with Gasteiger partial charge in [-0.2, -0.15) is 0 Å². The van der Waals surface area contributed by atoms with Gasteiger partial charge in [-0.1, -0.05) is 74.6 Å². The maximum atomic E-state index is 14.0. The molecule has 1 aliphatic carbocycles. The Balaban J connectivity index is 1.43. The normalized spacial score (nSPS) is 18.2. The number of piperidine rings is 1. The van der Waals surface area contributed by atoms with Crippen molar-refractivity contribution in [1.82, 2.24) is 20.9 Å². The minimum Gasteiger partial charge on any atom is -0.508 e. The van der Waals surface area contributed by atoms with E-state index in [1.807, 2.05) is 30.3 Å². The van der Waals surface area contributed by atoms with E-state index in [4.69, 9.17) is 11.1 Å². The first kappa shape index (κ1) is 30.4. The molecule has 0 spiro atoms. The number of rotatable bonds is 12. The Kier molecular flexibility index (Phi) is 11.4. The van der Waals surface area contributed by atoms with E-state index in [1.165, 1.54) is 32.1 Å². The molecule has 9 nitrogen and oxygen atoms in total. The number of benzene rings is 2. The van der Waals surface area contributed by atoms with Crippen molar-refractivity contribution in [2.45, 2.75) is 76.4 Å². The van der Waals surface area contributed by atoms with Gasteiger partial charge in [0, 0.05) is 13.1 Å². The highest BCUT2D eigenvalue weighted by Crippen LogP contribution is 2.37.